The number of halogens is 3. The zero-order valence-corrected chi connectivity index (χ0v) is 24.0. The smallest absolute Gasteiger partial charge is 0.370 e. The van der Waals surface area contributed by atoms with Gasteiger partial charge in [-0.15, -0.1) is 5.10 Å². The van der Waals surface area contributed by atoms with E-state index in [4.69, 9.17) is 0 Å². The van der Waals surface area contributed by atoms with Crippen LogP contribution in [0, 0.1) is 20.8 Å². The summed E-state index contributed by atoms with van der Waals surface area (Å²) in [7, 11) is 3.86. The number of hydrogen-bond acceptors (Lipinski definition) is 6. The van der Waals surface area contributed by atoms with Crippen LogP contribution in [0.3, 0.4) is 0 Å². The van der Waals surface area contributed by atoms with E-state index in [0.717, 1.165) is 48.1 Å². The summed E-state index contributed by atoms with van der Waals surface area (Å²) >= 11 is 0. The molecule has 1 fully saturated rings. The molecule has 0 radical (unpaired) electrons. The second-order valence-electron chi connectivity index (χ2n) is 10.8. The monoisotopic (exact) mass is 565 g/mol. The Hall–Kier alpha value is -3.99. The van der Waals surface area contributed by atoms with Crippen LogP contribution in [0.5, 0.6) is 0 Å². The highest BCUT2D eigenvalue weighted by molar-refractivity contribution is 5.99. The summed E-state index contributed by atoms with van der Waals surface area (Å²) in [6, 6.07) is 8.17. The molecule has 41 heavy (non-hydrogen) atoms. The Morgan fingerprint density at radius 3 is 2.46 bits per heavy atom. The summed E-state index contributed by atoms with van der Waals surface area (Å²) in [4.78, 5) is 17.6. The third-order valence-corrected chi connectivity index (χ3v) is 7.96. The first-order valence-electron chi connectivity index (χ1n) is 13.6. The molecule has 0 unspecified atom stereocenters. The first-order valence-corrected chi connectivity index (χ1v) is 13.6. The van der Waals surface area contributed by atoms with Gasteiger partial charge in [0.1, 0.15) is 5.69 Å². The summed E-state index contributed by atoms with van der Waals surface area (Å²) in [6.07, 6.45) is -0.226. The molecule has 11 heteroatoms. The Bertz CT molecular complexity index is 1590. The van der Waals surface area contributed by atoms with Crippen LogP contribution in [0.25, 0.3) is 16.9 Å². The van der Waals surface area contributed by atoms with Crippen LogP contribution in [0.4, 0.5) is 18.9 Å². The van der Waals surface area contributed by atoms with Crippen molar-refractivity contribution in [3.8, 4) is 16.9 Å². The highest BCUT2D eigenvalue weighted by atomic mass is 19.4. The first-order chi connectivity index (χ1) is 19.4. The maximum Gasteiger partial charge on any atom is 0.416 e. The van der Waals surface area contributed by atoms with Gasteiger partial charge in [-0.05, 0) is 75.7 Å². The van der Waals surface area contributed by atoms with Crippen molar-refractivity contribution in [3.63, 3.8) is 0 Å². The molecule has 2 aromatic heterocycles. The fourth-order valence-electron chi connectivity index (χ4n) is 5.32. The summed E-state index contributed by atoms with van der Waals surface area (Å²) in [5.41, 5.74) is 4.76. The third kappa shape index (κ3) is 5.90. The lowest BCUT2D eigenvalue weighted by Gasteiger charge is -2.27. The van der Waals surface area contributed by atoms with Gasteiger partial charge in [-0.25, -0.2) is 4.68 Å². The molecule has 4 aromatic rings. The van der Waals surface area contributed by atoms with E-state index in [9.17, 15) is 18.0 Å². The summed E-state index contributed by atoms with van der Waals surface area (Å²) in [5.74, 6) is -0.372. The zero-order chi connectivity index (χ0) is 29.5. The van der Waals surface area contributed by atoms with Gasteiger partial charge in [0.15, 0.2) is 5.78 Å². The molecule has 3 heterocycles. The van der Waals surface area contributed by atoms with Gasteiger partial charge in [0.05, 0.1) is 23.6 Å². The predicted octanol–water partition coefficient (Wildman–Crippen LogP) is 5.18. The third-order valence-electron chi connectivity index (χ3n) is 7.96. The second-order valence-corrected chi connectivity index (χ2v) is 10.8. The minimum Gasteiger partial charge on any atom is -0.370 e. The van der Waals surface area contributed by atoms with Crippen LogP contribution in [0.15, 0.2) is 42.7 Å². The molecule has 2 aromatic carbocycles. The first kappa shape index (κ1) is 28.5. The molecule has 1 aliphatic heterocycles. The lowest BCUT2D eigenvalue weighted by molar-refractivity contribution is -0.138. The summed E-state index contributed by atoms with van der Waals surface area (Å²) < 4.78 is 45.7. The Kier molecular flexibility index (Phi) is 7.74. The number of carbonyl (C=O) groups excluding carboxylic acids is 1. The van der Waals surface area contributed by atoms with Crippen LogP contribution in [-0.4, -0.2) is 68.7 Å². The molecule has 0 aliphatic carbocycles. The number of carbonyl (C=O) groups is 1. The summed E-state index contributed by atoms with van der Waals surface area (Å²) in [5, 5.41) is 12.9. The van der Waals surface area contributed by atoms with E-state index in [1.807, 2.05) is 51.0 Å². The average Bonchev–Trinajstić information content (AvgIpc) is 3.46. The molecule has 0 amide bonds. The number of nitrogens with zero attached hydrogens (tertiary/aromatic N) is 7. The molecule has 0 bridgehead atoms. The van der Waals surface area contributed by atoms with E-state index in [2.05, 4.69) is 20.3 Å². The lowest BCUT2D eigenvalue weighted by Crippen LogP contribution is -2.30. The van der Waals surface area contributed by atoms with E-state index in [1.165, 1.54) is 6.92 Å². The lowest BCUT2D eigenvalue weighted by atomic mass is 9.95. The second kappa shape index (κ2) is 11.1. The van der Waals surface area contributed by atoms with Crippen molar-refractivity contribution in [1.82, 2.24) is 29.7 Å². The number of likely N-dealkylation sites (N-methyl/N-ethyl adjacent to an activating group) is 1. The number of hydrogen-bond donors (Lipinski definition) is 0. The maximum absolute atomic E-state index is 14.1. The van der Waals surface area contributed by atoms with Gasteiger partial charge in [0, 0.05) is 55.6 Å². The van der Waals surface area contributed by atoms with Gasteiger partial charge >= 0.3 is 6.18 Å². The van der Waals surface area contributed by atoms with E-state index in [1.54, 1.807) is 27.8 Å². The number of rotatable bonds is 6. The number of alkyl halides is 3. The Morgan fingerprint density at radius 1 is 0.976 bits per heavy atom. The van der Waals surface area contributed by atoms with Crippen LogP contribution in [0.1, 0.15) is 44.7 Å². The largest absolute Gasteiger partial charge is 0.416 e. The van der Waals surface area contributed by atoms with Gasteiger partial charge in [-0.3, -0.25) is 9.48 Å². The SMILES string of the molecule is Cc1ccc(CC(=O)c2cc(N3CCCN(C)CC3)c(C)c(C(F)(F)F)c2)cc1-n1cc(-c2cnn(C)c2C)nn1. The van der Waals surface area contributed by atoms with Crippen LogP contribution in [-0.2, 0) is 19.6 Å². The van der Waals surface area contributed by atoms with Crippen molar-refractivity contribution in [2.45, 2.75) is 39.8 Å². The van der Waals surface area contributed by atoms with Crippen molar-refractivity contribution in [1.29, 1.82) is 0 Å². The van der Waals surface area contributed by atoms with Crippen molar-refractivity contribution in [2.24, 2.45) is 7.05 Å². The number of anilines is 1. The van der Waals surface area contributed by atoms with Crippen molar-refractivity contribution >= 4 is 11.5 Å². The Labute approximate surface area is 237 Å². The molecule has 0 N–H and O–H groups in total. The van der Waals surface area contributed by atoms with E-state index < -0.39 is 11.7 Å². The number of ketones is 1. The fraction of sp³-hybridized carbons (Fsp3) is 0.400. The Morgan fingerprint density at radius 2 is 1.76 bits per heavy atom. The number of Topliss-reactive ketones (excluding diaryl/α,β-unsaturated/α-hetero) is 1. The van der Waals surface area contributed by atoms with Crippen molar-refractivity contribution in [3.05, 3.63) is 76.2 Å². The topological polar surface area (TPSA) is 72.1 Å². The van der Waals surface area contributed by atoms with Crippen LogP contribution >= 0.6 is 0 Å². The molecule has 1 aliphatic rings. The van der Waals surface area contributed by atoms with Gasteiger partial charge in [-0.2, -0.15) is 18.3 Å². The highest BCUT2D eigenvalue weighted by Crippen LogP contribution is 2.38. The van der Waals surface area contributed by atoms with Gasteiger partial charge in [0.25, 0.3) is 0 Å². The van der Waals surface area contributed by atoms with Gasteiger partial charge < -0.3 is 9.80 Å². The van der Waals surface area contributed by atoms with E-state index in [-0.39, 0.29) is 23.3 Å². The maximum atomic E-state index is 14.1. The van der Waals surface area contributed by atoms with Gasteiger partial charge in [0.2, 0.25) is 0 Å². The van der Waals surface area contributed by atoms with Crippen LogP contribution < -0.4 is 4.90 Å². The molecular weight excluding hydrogens is 531 g/mol. The van der Waals surface area contributed by atoms with Gasteiger partial charge in [-0.1, -0.05) is 17.3 Å². The Balaban J connectivity index is 1.45. The number of aromatic nitrogens is 5. The fourth-order valence-corrected chi connectivity index (χ4v) is 5.32. The molecule has 0 spiro atoms. The number of aryl methyl sites for hydroxylation is 2. The average molecular weight is 566 g/mol. The zero-order valence-electron chi connectivity index (χ0n) is 24.0. The highest BCUT2D eigenvalue weighted by Gasteiger charge is 2.35. The van der Waals surface area contributed by atoms with Crippen molar-refractivity contribution < 1.29 is 18.0 Å². The molecule has 0 saturated carbocycles. The molecule has 8 nitrogen and oxygen atoms in total. The van der Waals surface area contributed by atoms with Crippen molar-refractivity contribution in [2.75, 3.05) is 38.1 Å². The quantitative estimate of drug-likeness (QED) is 0.300. The molecular formula is C30H34F3N7O. The van der Waals surface area contributed by atoms with Crippen LogP contribution in [0.2, 0.25) is 0 Å². The standard InChI is InChI=1S/C30H34F3N7O/c1-19-7-8-22(13-27(19)40-18-26(35-36-40)24-17-34-38(5)21(24)3)14-29(41)23-15-25(30(31,32)33)20(2)28(16-23)39-10-6-9-37(4)11-12-39/h7-8,13,15-18H,6,9-12,14H2,1-5H3. The number of benzene rings is 2. The minimum absolute atomic E-state index is 0.0426. The predicted molar refractivity (Wildman–Crippen MR) is 152 cm³/mol. The molecule has 5 rings (SSSR count). The molecule has 0 atom stereocenters. The normalized spacial score (nSPS) is 14.9. The minimum atomic E-state index is -4.56. The molecule has 216 valence electrons. The van der Waals surface area contributed by atoms with E-state index in [0.29, 0.717) is 30.0 Å². The summed E-state index contributed by atoms with van der Waals surface area (Å²) in [6.45, 7) is 8.24. The molecule has 1 saturated heterocycles. The van der Waals surface area contributed by atoms with E-state index >= 15 is 0 Å².